The Hall–Kier alpha value is -1.31. The minimum absolute atomic E-state index is 0.0968. The van der Waals surface area contributed by atoms with Crippen molar-refractivity contribution in [1.82, 2.24) is 5.32 Å². The molecule has 1 fully saturated rings. The number of rotatable bonds is 4. The number of hydrogen-bond donors (Lipinski definition) is 2. The van der Waals surface area contributed by atoms with Crippen LogP contribution in [0.15, 0.2) is 11.4 Å². The van der Waals surface area contributed by atoms with Crippen molar-refractivity contribution in [3.63, 3.8) is 0 Å². The highest BCUT2D eigenvalue weighted by molar-refractivity contribution is 7.10. The monoisotopic (exact) mass is 291 g/mol. The number of amides is 1. The quantitative estimate of drug-likeness (QED) is 0.838. The molecule has 1 aromatic rings. The van der Waals surface area contributed by atoms with Crippen molar-refractivity contribution in [3.05, 3.63) is 21.9 Å². The van der Waals surface area contributed by atoms with Gasteiger partial charge in [-0.25, -0.2) is 0 Å². The van der Waals surface area contributed by atoms with Crippen molar-refractivity contribution in [3.8, 4) is 11.8 Å². The summed E-state index contributed by atoms with van der Waals surface area (Å²) in [6.45, 7) is 2.85. The fraction of sp³-hybridized carbons (Fsp3) is 0.562. The standard InChI is InChI=1S/C16H21NO2S/c1-12-5-4-7-15(12)16(19)17-10-14-9-13(11-20-14)6-2-3-8-18/h9,11-12,15,18H,3-5,7-8,10H2,1H3,(H,17,19). The highest BCUT2D eigenvalue weighted by Crippen LogP contribution is 2.31. The summed E-state index contributed by atoms with van der Waals surface area (Å²) in [6, 6.07) is 2.01. The summed E-state index contributed by atoms with van der Waals surface area (Å²) >= 11 is 1.61. The van der Waals surface area contributed by atoms with Crippen molar-refractivity contribution in [1.29, 1.82) is 0 Å². The molecule has 0 bridgehead atoms. The van der Waals surface area contributed by atoms with E-state index in [0.29, 0.717) is 18.9 Å². The summed E-state index contributed by atoms with van der Waals surface area (Å²) in [6.07, 6.45) is 3.86. The molecule has 2 N–H and O–H groups in total. The summed E-state index contributed by atoms with van der Waals surface area (Å²) in [4.78, 5) is 13.2. The molecule has 3 nitrogen and oxygen atoms in total. The van der Waals surface area contributed by atoms with Gasteiger partial charge >= 0.3 is 0 Å². The van der Waals surface area contributed by atoms with Crippen LogP contribution in [0.25, 0.3) is 0 Å². The van der Waals surface area contributed by atoms with E-state index in [0.717, 1.165) is 16.9 Å². The molecule has 1 saturated carbocycles. The zero-order chi connectivity index (χ0) is 14.4. The minimum atomic E-state index is 0.0968. The number of aliphatic hydroxyl groups is 1. The van der Waals surface area contributed by atoms with Gasteiger partial charge in [0.1, 0.15) is 0 Å². The van der Waals surface area contributed by atoms with Crippen LogP contribution in [-0.2, 0) is 11.3 Å². The van der Waals surface area contributed by atoms with Gasteiger partial charge in [-0.1, -0.05) is 25.2 Å². The molecule has 0 aliphatic heterocycles. The number of aliphatic hydroxyl groups excluding tert-OH is 1. The van der Waals surface area contributed by atoms with E-state index < -0.39 is 0 Å². The number of nitrogens with one attached hydrogen (secondary N) is 1. The molecule has 1 amide bonds. The molecule has 0 aromatic carbocycles. The fourth-order valence-corrected chi connectivity index (χ4v) is 3.36. The average molecular weight is 291 g/mol. The second kappa shape index (κ2) is 7.47. The molecule has 1 aliphatic carbocycles. The lowest BCUT2D eigenvalue weighted by molar-refractivity contribution is -0.126. The molecular weight excluding hydrogens is 270 g/mol. The predicted molar refractivity (Wildman–Crippen MR) is 81.3 cm³/mol. The molecule has 0 radical (unpaired) electrons. The van der Waals surface area contributed by atoms with E-state index in [2.05, 4.69) is 24.1 Å². The van der Waals surface area contributed by atoms with Crippen molar-refractivity contribution in [2.24, 2.45) is 11.8 Å². The Balaban J connectivity index is 1.82. The zero-order valence-corrected chi connectivity index (χ0v) is 12.6. The van der Waals surface area contributed by atoms with Gasteiger partial charge in [-0.2, -0.15) is 0 Å². The number of carbonyl (C=O) groups excluding carboxylic acids is 1. The highest BCUT2D eigenvalue weighted by atomic mass is 32.1. The first kappa shape index (κ1) is 15.1. The van der Waals surface area contributed by atoms with E-state index in [1.165, 1.54) is 12.8 Å². The maximum Gasteiger partial charge on any atom is 0.223 e. The van der Waals surface area contributed by atoms with Gasteiger partial charge in [-0.3, -0.25) is 4.79 Å². The van der Waals surface area contributed by atoms with Crippen LogP contribution >= 0.6 is 11.3 Å². The number of thiophene rings is 1. The lowest BCUT2D eigenvalue weighted by Crippen LogP contribution is -2.31. The van der Waals surface area contributed by atoms with Gasteiger partial charge in [-0.05, 0) is 24.8 Å². The normalized spacial score (nSPS) is 21.3. The Labute approximate surface area is 124 Å². The van der Waals surface area contributed by atoms with E-state index >= 15 is 0 Å². The Morgan fingerprint density at radius 3 is 3.10 bits per heavy atom. The lowest BCUT2D eigenvalue weighted by atomic mass is 9.97. The van der Waals surface area contributed by atoms with E-state index in [-0.39, 0.29) is 18.4 Å². The first-order chi connectivity index (χ1) is 9.70. The van der Waals surface area contributed by atoms with Crippen LogP contribution in [0.3, 0.4) is 0 Å². The first-order valence-corrected chi connectivity index (χ1v) is 8.03. The SMILES string of the molecule is CC1CCCC1C(=O)NCc1cc(C#CCCO)cs1. The molecule has 0 saturated heterocycles. The van der Waals surface area contributed by atoms with Crippen LogP contribution in [0.2, 0.25) is 0 Å². The lowest BCUT2D eigenvalue weighted by Gasteiger charge is -2.14. The predicted octanol–water partition coefficient (Wildman–Crippen LogP) is 2.53. The van der Waals surface area contributed by atoms with Gasteiger partial charge in [0.15, 0.2) is 0 Å². The molecule has 4 heteroatoms. The third kappa shape index (κ3) is 4.09. The molecule has 2 unspecified atom stereocenters. The zero-order valence-electron chi connectivity index (χ0n) is 11.8. The van der Waals surface area contributed by atoms with Crippen LogP contribution in [0, 0.1) is 23.7 Å². The van der Waals surface area contributed by atoms with E-state index in [9.17, 15) is 4.79 Å². The Morgan fingerprint density at radius 2 is 2.40 bits per heavy atom. The van der Waals surface area contributed by atoms with Gasteiger partial charge in [0, 0.05) is 28.2 Å². The summed E-state index contributed by atoms with van der Waals surface area (Å²) in [5.74, 6) is 6.80. The van der Waals surface area contributed by atoms with E-state index in [1.54, 1.807) is 11.3 Å². The Kier molecular flexibility index (Phi) is 5.63. The summed E-state index contributed by atoms with van der Waals surface area (Å²) in [5, 5.41) is 13.7. The maximum absolute atomic E-state index is 12.1. The summed E-state index contributed by atoms with van der Waals surface area (Å²) in [7, 11) is 0. The van der Waals surface area contributed by atoms with Crippen LogP contribution < -0.4 is 5.32 Å². The topological polar surface area (TPSA) is 49.3 Å². The van der Waals surface area contributed by atoms with Crippen LogP contribution in [0.1, 0.15) is 43.0 Å². The molecule has 0 spiro atoms. The van der Waals surface area contributed by atoms with Crippen LogP contribution in [0.5, 0.6) is 0 Å². The number of hydrogen-bond acceptors (Lipinski definition) is 3. The van der Waals surface area contributed by atoms with Crippen molar-refractivity contribution in [2.75, 3.05) is 6.61 Å². The highest BCUT2D eigenvalue weighted by Gasteiger charge is 2.29. The molecule has 1 heterocycles. The molecule has 2 atom stereocenters. The maximum atomic E-state index is 12.1. The van der Waals surface area contributed by atoms with Gasteiger partial charge < -0.3 is 10.4 Å². The molecule has 2 rings (SSSR count). The van der Waals surface area contributed by atoms with Crippen molar-refractivity contribution < 1.29 is 9.90 Å². The van der Waals surface area contributed by atoms with Gasteiger partial charge in [0.05, 0.1) is 13.2 Å². The molecule has 1 aromatic heterocycles. The largest absolute Gasteiger partial charge is 0.395 e. The first-order valence-electron chi connectivity index (χ1n) is 7.15. The smallest absolute Gasteiger partial charge is 0.223 e. The summed E-state index contributed by atoms with van der Waals surface area (Å²) < 4.78 is 0. The van der Waals surface area contributed by atoms with Gasteiger partial charge in [0.2, 0.25) is 5.91 Å². The van der Waals surface area contributed by atoms with Crippen LogP contribution in [0.4, 0.5) is 0 Å². The molecule has 1 aliphatic rings. The summed E-state index contributed by atoms with van der Waals surface area (Å²) in [5.41, 5.74) is 0.960. The second-order valence-electron chi connectivity index (χ2n) is 5.31. The molecule has 108 valence electrons. The fourth-order valence-electron chi connectivity index (χ4n) is 2.60. The van der Waals surface area contributed by atoms with Crippen molar-refractivity contribution in [2.45, 2.75) is 39.2 Å². The molecule has 20 heavy (non-hydrogen) atoms. The third-order valence-corrected chi connectivity index (χ3v) is 4.70. The Morgan fingerprint density at radius 1 is 1.55 bits per heavy atom. The number of carbonyl (C=O) groups is 1. The third-order valence-electron chi connectivity index (χ3n) is 3.76. The second-order valence-corrected chi connectivity index (χ2v) is 6.31. The van der Waals surface area contributed by atoms with E-state index in [1.807, 2.05) is 11.4 Å². The average Bonchev–Trinajstić information content (AvgIpc) is 3.05. The van der Waals surface area contributed by atoms with Crippen molar-refractivity contribution >= 4 is 17.2 Å². The van der Waals surface area contributed by atoms with Gasteiger partial charge in [-0.15, -0.1) is 11.3 Å². The van der Waals surface area contributed by atoms with E-state index in [4.69, 9.17) is 5.11 Å². The van der Waals surface area contributed by atoms with Crippen LogP contribution in [-0.4, -0.2) is 17.6 Å². The Bertz CT molecular complexity index is 512. The minimum Gasteiger partial charge on any atom is -0.395 e. The molecular formula is C16H21NO2S. The van der Waals surface area contributed by atoms with Gasteiger partial charge in [0.25, 0.3) is 0 Å².